The molecule has 0 spiro atoms. The molecule has 0 aromatic carbocycles. The Morgan fingerprint density at radius 3 is 2.94 bits per heavy atom. The predicted octanol–water partition coefficient (Wildman–Crippen LogP) is 3.55. The Labute approximate surface area is 98.4 Å². The Balaban J connectivity index is 2.25. The highest BCUT2D eigenvalue weighted by atomic mass is 16.7. The summed E-state index contributed by atoms with van der Waals surface area (Å²) in [6.07, 6.45) is 10.5. The van der Waals surface area contributed by atoms with Gasteiger partial charge in [0.2, 0.25) is 0 Å². The first-order chi connectivity index (χ1) is 7.86. The van der Waals surface area contributed by atoms with Crippen molar-refractivity contribution in [1.82, 2.24) is 0 Å². The van der Waals surface area contributed by atoms with E-state index in [4.69, 9.17) is 14.6 Å². The van der Waals surface area contributed by atoms with E-state index in [0.29, 0.717) is 0 Å². The third kappa shape index (κ3) is 5.52. The first-order valence-corrected chi connectivity index (χ1v) is 6.44. The zero-order valence-corrected chi connectivity index (χ0v) is 10.2. The fraction of sp³-hybridized carbons (Fsp3) is 0.846. The second-order valence-corrected chi connectivity index (χ2v) is 4.31. The van der Waals surface area contributed by atoms with Crippen molar-refractivity contribution in [1.29, 1.82) is 0 Å². The molecule has 1 saturated heterocycles. The van der Waals surface area contributed by atoms with Crippen molar-refractivity contribution in [3.05, 3.63) is 12.3 Å². The quantitative estimate of drug-likeness (QED) is 0.535. The minimum absolute atomic E-state index is 0.000324. The molecule has 1 fully saturated rings. The summed E-state index contributed by atoms with van der Waals surface area (Å²) in [5.41, 5.74) is 0. The Morgan fingerprint density at radius 2 is 2.31 bits per heavy atom. The number of hydrogen-bond donors (Lipinski definition) is 1. The van der Waals surface area contributed by atoms with Gasteiger partial charge in [-0.2, -0.15) is 0 Å². The second kappa shape index (κ2) is 8.59. The molecule has 2 atom stereocenters. The van der Waals surface area contributed by atoms with E-state index in [0.717, 1.165) is 38.6 Å². The van der Waals surface area contributed by atoms with Crippen molar-refractivity contribution >= 4 is 0 Å². The van der Waals surface area contributed by atoms with Gasteiger partial charge >= 0.3 is 0 Å². The number of hydrogen-bond acceptors (Lipinski definition) is 3. The molecule has 0 aromatic heterocycles. The lowest BCUT2D eigenvalue weighted by atomic mass is 10.1. The van der Waals surface area contributed by atoms with Crippen LogP contribution >= 0.6 is 0 Å². The van der Waals surface area contributed by atoms with Gasteiger partial charge in [-0.3, -0.25) is 0 Å². The topological polar surface area (TPSA) is 38.7 Å². The highest BCUT2D eigenvalue weighted by molar-refractivity contribution is 4.83. The van der Waals surface area contributed by atoms with Gasteiger partial charge in [-0.25, -0.2) is 0 Å². The van der Waals surface area contributed by atoms with E-state index in [1.165, 1.54) is 19.3 Å². The number of ether oxygens (including phenoxy) is 2. The van der Waals surface area contributed by atoms with Gasteiger partial charge in [-0.15, -0.1) is 0 Å². The Morgan fingerprint density at radius 1 is 1.44 bits per heavy atom. The molecule has 1 aliphatic rings. The van der Waals surface area contributed by atoms with Gasteiger partial charge in [-0.1, -0.05) is 26.2 Å². The summed E-state index contributed by atoms with van der Waals surface area (Å²) in [5, 5.41) is 8.82. The monoisotopic (exact) mass is 228 g/mol. The predicted molar refractivity (Wildman–Crippen MR) is 64.4 cm³/mol. The van der Waals surface area contributed by atoms with E-state index in [-0.39, 0.29) is 12.4 Å². The standard InChI is InChI=1S/C13H24O3/c1-2-3-4-7-12(9-10-14)16-13-8-5-6-11-15-13/h9-10,12-14H,2-8,11H2,1H3/b10-9+. The van der Waals surface area contributed by atoms with Crippen LogP contribution in [-0.4, -0.2) is 24.1 Å². The maximum atomic E-state index is 8.82. The molecule has 0 saturated carbocycles. The summed E-state index contributed by atoms with van der Waals surface area (Å²) in [6, 6.07) is 0. The van der Waals surface area contributed by atoms with Crippen LogP contribution in [0.2, 0.25) is 0 Å². The zero-order chi connectivity index (χ0) is 11.6. The molecule has 94 valence electrons. The number of rotatable bonds is 7. The average molecular weight is 228 g/mol. The maximum absolute atomic E-state index is 8.82. The SMILES string of the molecule is CCCCCC(/C=C/O)OC1CCCCO1. The average Bonchev–Trinajstić information content (AvgIpc) is 2.31. The fourth-order valence-electron chi connectivity index (χ4n) is 1.91. The molecular formula is C13H24O3. The van der Waals surface area contributed by atoms with Crippen molar-refractivity contribution in [3.8, 4) is 0 Å². The number of aliphatic hydroxyl groups excluding tert-OH is 1. The van der Waals surface area contributed by atoms with Crippen LogP contribution in [0, 0.1) is 0 Å². The molecule has 0 radical (unpaired) electrons. The van der Waals surface area contributed by atoms with Crippen LogP contribution in [0.5, 0.6) is 0 Å². The van der Waals surface area contributed by atoms with Crippen molar-refractivity contribution < 1.29 is 14.6 Å². The van der Waals surface area contributed by atoms with Crippen LogP contribution in [0.3, 0.4) is 0 Å². The Kier molecular flexibility index (Phi) is 7.26. The largest absolute Gasteiger partial charge is 0.516 e. The van der Waals surface area contributed by atoms with Gasteiger partial charge in [0, 0.05) is 6.61 Å². The highest BCUT2D eigenvalue weighted by Gasteiger charge is 2.17. The van der Waals surface area contributed by atoms with E-state index in [1.807, 2.05) is 0 Å². The maximum Gasteiger partial charge on any atom is 0.158 e. The summed E-state index contributed by atoms with van der Waals surface area (Å²) in [5.74, 6) is 0. The van der Waals surface area contributed by atoms with Crippen LogP contribution in [0.4, 0.5) is 0 Å². The molecule has 1 heterocycles. The number of aliphatic hydroxyl groups is 1. The van der Waals surface area contributed by atoms with Gasteiger partial charge in [0.15, 0.2) is 6.29 Å². The van der Waals surface area contributed by atoms with E-state index in [9.17, 15) is 0 Å². The third-order valence-corrected chi connectivity index (χ3v) is 2.86. The molecule has 0 aromatic rings. The van der Waals surface area contributed by atoms with Gasteiger partial charge in [0.25, 0.3) is 0 Å². The van der Waals surface area contributed by atoms with Crippen LogP contribution in [-0.2, 0) is 9.47 Å². The molecule has 16 heavy (non-hydrogen) atoms. The van der Waals surface area contributed by atoms with Gasteiger partial charge in [0.05, 0.1) is 12.4 Å². The molecule has 1 N–H and O–H groups in total. The minimum Gasteiger partial charge on any atom is -0.516 e. The van der Waals surface area contributed by atoms with Crippen molar-refractivity contribution in [2.75, 3.05) is 6.61 Å². The molecule has 2 unspecified atom stereocenters. The minimum atomic E-state index is -0.0726. The summed E-state index contributed by atoms with van der Waals surface area (Å²) in [7, 11) is 0. The van der Waals surface area contributed by atoms with Crippen molar-refractivity contribution in [2.24, 2.45) is 0 Å². The lowest BCUT2D eigenvalue weighted by molar-refractivity contribution is -0.179. The van der Waals surface area contributed by atoms with Crippen molar-refractivity contribution in [2.45, 2.75) is 64.3 Å². The normalized spacial score (nSPS) is 23.7. The van der Waals surface area contributed by atoms with E-state index < -0.39 is 0 Å². The first-order valence-electron chi connectivity index (χ1n) is 6.44. The Hall–Kier alpha value is -0.540. The molecular weight excluding hydrogens is 204 g/mol. The van der Waals surface area contributed by atoms with Crippen molar-refractivity contribution in [3.63, 3.8) is 0 Å². The van der Waals surface area contributed by atoms with Gasteiger partial charge in [-0.05, 0) is 31.8 Å². The second-order valence-electron chi connectivity index (χ2n) is 4.31. The van der Waals surface area contributed by atoms with E-state index in [2.05, 4.69) is 6.92 Å². The van der Waals surface area contributed by atoms with Crippen LogP contribution in [0.1, 0.15) is 51.9 Å². The molecule has 1 rings (SSSR count). The summed E-state index contributed by atoms with van der Waals surface area (Å²) in [4.78, 5) is 0. The smallest absolute Gasteiger partial charge is 0.158 e. The summed E-state index contributed by atoms with van der Waals surface area (Å²) >= 11 is 0. The van der Waals surface area contributed by atoms with Gasteiger partial charge < -0.3 is 14.6 Å². The molecule has 3 heteroatoms. The van der Waals surface area contributed by atoms with Crippen LogP contribution in [0.15, 0.2) is 12.3 Å². The third-order valence-electron chi connectivity index (χ3n) is 2.86. The lowest BCUT2D eigenvalue weighted by Crippen LogP contribution is -2.27. The van der Waals surface area contributed by atoms with E-state index in [1.54, 1.807) is 6.08 Å². The van der Waals surface area contributed by atoms with Gasteiger partial charge in [0.1, 0.15) is 0 Å². The molecule has 3 nitrogen and oxygen atoms in total. The molecule has 0 amide bonds. The Bertz CT molecular complexity index is 186. The summed E-state index contributed by atoms with van der Waals surface area (Å²) in [6.45, 7) is 2.98. The highest BCUT2D eigenvalue weighted by Crippen LogP contribution is 2.18. The van der Waals surface area contributed by atoms with Crippen LogP contribution < -0.4 is 0 Å². The molecule has 0 bridgehead atoms. The zero-order valence-electron chi connectivity index (χ0n) is 10.2. The fourth-order valence-corrected chi connectivity index (χ4v) is 1.91. The molecule has 1 aliphatic heterocycles. The lowest BCUT2D eigenvalue weighted by Gasteiger charge is -2.26. The first kappa shape index (κ1) is 13.5. The van der Waals surface area contributed by atoms with E-state index >= 15 is 0 Å². The van der Waals surface area contributed by atoms with Crippen LogP contribution in [0.25, 0.3) is 0 Å². The molecule has 0 aliphatic carbocycles. The summed E-state index contributed by atoms with van der Waals surface area (Å²) < 4.78 is 11.3. The number of unbranched alkanes of at least 4 members (excludes halogenated alkanes) is 2.